The summed E-state index contributed by atoms with van der Waals surface area (Å²) < 4.78 is 12.9. The Balaban J connectivity index is 1.88. The smallest absolute Gasteiger partial charge is 0.361 e. The quantitative estimate of drug-likeness (QED) is 0.196. The molecule has 4 aromatic heterocycles. The Morgan fingerprint density at radius 1 is 1.06 bits per heavy atom. The van der Waals surface area contributed by atoms with E-state index >= 15 is 0 Å². The van der Waals surface area contributed by atoms with Gasteiger partial charge in [0.15, 0.2) is 11.3 Å². The molecule has 0 aliphatic carbocycles. The van der Waals surface area contributed by atoms with Crippen molar-refractivity contribution in [3.8, 4) is 39.4 Å². The maximum atomic E-state index is 12.9. The van der Waals surface area contributed by atoms with Gasteiger partial charge >= 0.3 is 5.97 Å². The number of hydrogen-bond donors (Lipinski definition) is 0. The molecule has 11 heteroatoms. The van der Waals surface area contributed by atoms with Gasteiger partial charge in [-0.15, -0.1) is 10.2 Å². The van der Waals surface area contributed by atoms with Crippen molar-refractivity contribution in [1.29, 1.82) is 0 Å². The van der Waals surface area contributed by atoms with Crippen LogP contribution in [0.15, 0.2) is 65.7 Å². The summed E-state index contributed by atoms with van der Waals surface area (Å²) in [6.07, 6.45) is 4.99. The first-order chi connectivity index (χ1) is 17.5. The molecular formula is C25H18BrClN6O3. The summed E-state index contributed by atoms with van der Waals surface area (Å²) in [5.74, 6) is -0.108. The van der Waals surface area contributed by atoms with Crippen molar-refractivity contribution < 1.29 is 14.3 Å². The Hall–Kier alpha value is -3.89. The minimum absolute atomic E-state index is 0.0255. The Bertz CT molecular complexity index is 1580. The van der Waals surface area contributed by atoms with E-state index in [4.69, 9.17) is 26.2 Å². The molecule has 9 nitrogen and oxygen atoms in total. The molecule has 180 valence electrons. The van der Waals surface area contributed by atoms with Gasteiger partial charge in [-0.2, -0.15) is 5.10 Å². The van der Waals surface area contributed by atoms with Gasteiger partial charge in [0.2, 0.25) is 0 Å². The zero-order valence-electron chi connectivity index (χ0n) is 19.1. The van der Waals surface area contributed by atoms with Crippen LogP contribution in [-0.2, 0) is 4.74 Å². The van der Waals surface area contributed by atoms with Gasteiger partial charge in [0, 0.05) is 29.7 Å². The predicted molar refractivity (Wildman–Crippen MR) is 138 cm³/mol. The van der Waals surface area contributed by atoms with Crippen LogP contribution in [0.25, 0.3) is 39.3 Å². The Morgan fingerprint density at radius 3 is 2.53 bits per heavy atom. The second-order valence-corrected chi connectivity index (χ2v) is 8.75. The highest BCUT2D eigenvalue weighted by atomic mass is 79.9. The van der Waals surface area contributed by atoms with Crippen LogP contribution in [0.4, 0.5) is 0 Å². The molecule has 0 unspecified atom stereocenters. The van der Waals surface area contributed by atoms with Crippen LogP contribution in [0.1, 0.15) is 17.4 Å². The van der Waals surface area contributed by atoms with Crippen LogP contribution in [0.5, 0.6) is 5.75 Å². The molecule has 1 aromatic carbocycles. The van der Waals surface area contributed by atoms with Gasteiger partial charge in [0.1, 0.15) is 21.7 Å². The largest absolute Gasteiger partial charge is 0.495 e. The molecule has 5 aromatic rings. The molecule has 0 fully saturated rings. The molecular weight excluding hydrogens is 548 g/mol. The summed E-state index contributed by atoms with van der Waals surface area (Å²) in [5.41, 5.74) is 4.34. The number of esters is 1. The van der Waals surface area contributed by atoms with E-state index in [1.165, 1.54) is 0 Å². The number of carbonyl (C=O) groups excluding carboxylic acids is 1. The first kappa shape index (κ1) is 23.8. The highest BCUT2D eigenvalue weighted by Crippen LogP contribution is 2.39. The van der Waals surface area contributed by atoms with E-state index in [9.17, 15) is 4.79 Å². The summed E-state index contributed by atoms with van der Waals surface area (Å²) in [7, 11) is 1.55. The number of rotatable bonds is 6. The molecule has 0 aliphatic heterocycles. The number of carbonyl (C=O) groups is 1. The average Bonchev–Trinajstić information content (AvgIpc) is 3.29. The molecule has 0 saturated carbocycles. The number of ether oxygens (including phenoxy) is 2. The standard InChI is InChI=1S/C25H18BrClN6O3/c1-3-36-25(34)22-23(16-5-7-19(26)29-13-16)33-24(31-30-22)20(15-4-6-17(27)18(12-15)35-2)21(32-33)14-8-10-28-11-9-14/h4-13H,3H2,1-2H3. The minimum Gasteiger partial charge on any atom is -0.495 e. The third-order valence-electron chi connectivity index (χ3n) is 5.41. The minimum atomic E-state index is -0.611. The van der Waals surface area contributed by atoms with Crippen molar-refractivity contribution in [3.05, 3.63) is 76.4 Å². The van der Waals surface area contributed by atoms with E-state index in [2.05, 4.69) is 36.1 Å². The van der Waals surface area contributed by atoms with Gasteiger partial charge in [-0.1, -0.05) is 17.7 Å². The highest BCUT2D eigenvalue weighted by molar-refractivity contribution is 9.10. The molecule has 36 heavy (non-hydrogen) atoms. The summed E-state index contributed by atoms with van der Waals surface area (Å²) >= 11 is 9.65. The Labute approximate surface area is 219 Å². The van der Waals surface area contributed by atoms with Crippen molar-refractivity contribution in [3.63, 3.8) is 0 Å². The lowest BCUT2D eigenvalue weighted by atomic mass is 10.0. The number of nitrogens with zero attached hydrogens (tertiary/aromatic N) is 6. The molecule has 0 aliphatic rings. The van der Waals surface area contributed by atoms with Crippen molar-refractivity contribution in [2.24, 2.45) is 0 Å². The molecule has 4 heterocycles. The molecule has 0 atom stereocenters. The fraction of sp³-hybridized carbons (Fsp3) is 0.120. The van der Waals surface area contributed by atoms with Crippen molar-refractivity contribution in [2.75, 3.05) is 13.7 Å². The van der Waals surface area contributed by atoms with E-state index in [0.29, 0.717) is 43.5 Å². The van der Waals surface area contributed by atoms with Crippen LogP contribution in [-0.4, -0.2) is 49.5 Å². The Morgan fingerprint density at radius 2 is 1.83 bits per heavy atom. The third-order valence-corrected chi connectivity index (χ3v) is 6.19. The Kier molecular flexibility index (Phi) is 6.62. The number of pyridine rings is 2. The number of methoxy groups -OCH3 is 1. The van der Waals surface area contributed by atoms with Gasteiger partial charge in [-0.25, -0.2) is 14.3 Å². The summed E-state index contributed by atoms with van der Waals surface area (Å²) in [5, 5.41) is 14.1. The maximum Gasteiger partial charge on any atom is 0.361 e. The number of fused-ring (bicyclic) bond motifs is 1. The molecule has 0 N–H and O–H groups in total. The lowest BCUT2D eigenvalue weighted by molar-refractivity contribution is 0.0518. The molecule has 0 bridgehead atoms. The lowest BCUT2D eigenvalue weighted by Crippen LogP contribution is -2.14. The van der Waals surface area contributed by atoms with Gasteiger partial charge < -0.3 is 9.47 Å². The van der Waals surface area contributed by atoms with E-state index in [-0.39, 0.29) is 12.3 Å². The van der Waals surface area contributed by atoms with Gasteiger partial charge in [-0.3, -0.25) is 4.98 Å². The fourth-order valence-electron chi connectivity index (χ4n) is 3.81. The first-order valence-corrected chi connectivity index (χ1v) is 12.0. The topological polar surface area (TPSA) is 104 Å². The monoisotopic (exact) mass is 564 g/mol. The predicted octanol–water partition coefficient (Wildman–Crippen LogP) is 5.52. The summed E-state index contributed by atoms with van der Waals surface area (Å²) in [6, 6.07) is 12.7. The zero-order chi connectivity index (χ0) is 25.2. The third kappa shape index (κ3) is 4.29. The molecule has 0 saturated heterocycles. The van der Waals surface area contributed by atoms with Crippen LogP contribution in [0.3, 0.4) is 0 Å². The van der Waals surface area contributed by atoms with Crippen molar-refractivity contribution in [1.82, 2.24) is 29.8 Å². The van der Waals surface area contributed by atoms with E-state index < -0.39 is 5.97 Å². The van der Waals surface area contributed by atoms with E-state index in [1.54, 1.807) is 49.3 Å². The lowest BCUT2D eigenvalue weighted by Gasteiger charge is -2.10. The molecule has 0 amide bonds. The molecule has 0 spiro atoms. The number of hydrogen-bond acceptors (Lipinski definition) is 8. The second kappa shape index (κ2) is 10.00. The summed E-state index contributed by atoms with van der Waals surface area (Å²) in [4.78, 5) is 21.3. The van der Waals surface area contributed by atoms with Crippen LogP contribution >= 0.6 is 27.5 Å². The maximum absolute atomic E-state index is 12.9. The molecule has 0 radical (unpaired) electrons. The van der Waals surface area contributed by atoms with Gasteiger partial charge in [0.25, 0.3) is 0 Å². The molecule has 5 rings (SSSR count). The van der Waals surface area contributed by atoms with E-state index in [0.717, 1.165) is 11.1 Å². The van der Waals surface area contributed by atoms with Crippen molar-refractivity contribution in [2.45, 2.75) is 6.92 Å². The van der Waals surface area contributed by atoms with E-state index in [1.807, 2.05) is 30.3 Å². The SMILES string of the molecule is CCOC(=O)c1nnc2c(-c3ccc(Cl)c(OC)c3)c(-c3ccncc3)nn2c1-c1ccc(Br)nc1. The number of halogens is 2. The normalized spacial score (nSPS) is 11.0. The van der Waals surface area contributed by atoms with Crippen molar-refractivity contribution >= 4 is 39.1 Å². The average molecular weight is 566 g/mol. The number of aromatic nitrogens is 6. The number of benzene rings is 1. The van der Waals surface area contributed by atoms with Crippen LogP contribution in [0.2, 0.25) is 5.02 Å². The van der Waals surface area contributed by atoms with Crippen LogP contribution < -0.4 is 4.74 Å². The first-order valence-electron chi connectivity index (χ1n) is 10.8. The summed E-state index contributed by atoms with van der Waals surface area (Å²) in [6.45, 7) is 1.92. The zero-order valence-corrected chi connectivity index (χ0v) is 21.5. The van der Waals surface area contributed by atoms with Crippen LogP contribution in [0, 0.1) is 0 Å². The second-order valence-electron chi connectivity index (χ2n) is 7.53. The fourth-order valence-corrected chi connectivity index (χ4v) is 4.24. The highest BCUT2D eigenvalue weighted by Gasteiger charge is 2.26. The van der Waals surface area contributed by atoms with Gasteiger partial charge in [-0.05, 0) is 64.8 Å². The van der Waals surface area contributed by atoms with Gasteiger partial charge in [0.05, 0.1) is 24.3 Å².